The Kier molecular flexibility index (Phi) is 14.9. The summed E-state index contributed by atoms with van der Waals surface area (Å²) in [6.07, 6.45) is 2.23. The zero-order valence-corrected chi connectivity index (χ0v) is 60.2. The van der Waals surface area contributed by atoms with Crippen LogP contribution in [0.2, 0.25) is 0 Å². The van der Waals surface area contributed by atoms with Gasteiger partial charge in [0.25, 0.3) is 6.71 Å². The molecule has 0 N–H and O–H groups in total. The third kappa shape index (κ3) is 11.2. The summed E-state index contributed by atoms with van der Waals surface area (Å²) in [5.41, 5.74) is 28.2. The molecule has 0 atom stereocenters. The molecule has 1 aliphatic carbocycles. The first-order valence-electron chi connectivity index (χ1n) is 34.5. The van der Waals surface area contributed by atoms with Crippen molar-refractivity contribution in [3.05, 3.63) is 233 Å². The van der Waals surface area contributed by atoms with Crippen molar-refractivity contribution in [2.45, 2.75) is 208 Å². The van der Waals surface area contributed by atoms with Gasteiger partial charge in [0.1, 0.15) is 5.82 Å². The fourth-order valence-corrected chi connectivity index (χ4v) is 15.1. The van der Waals surface area contributed by atoms with E-state index in [1.807, 2.05) is 0 Å². The van der Waals surface area contributed by atoms with Crippen molar-refractivity contribution in [2.75, 3.05) is 14.7 Å². The van der Waals surface area contributed by atoms with Crippen LogP contribution in [0.1, 0.15) is 210 Å². The lowest BCUT2D eigenvalue weighted by Crippen LogP contribution is -2.62. The summed E-state index contributed by atoms with van der Waals surface area (Å²) in [7, 11) is 0. The molecular weight excluding hydrogens is 1120 g/mol. The SMILES string of the molecule is CC(C)(C)c1ccc(N(c2ccc(C(C)(C)C)cc2)c2cc3c4c(c2)N(c2ccc(C(C)(C)C)cc2-c2ccccc2)c2c(c5cc(C(C)(C)C)ccc5n2-c2ccc(C(C)(C)C)cc2)B4c2cc4c(cc2N3c2ccc(C(C)(C)C)cc2)C(C)(C)CCC4(C)C)cc1. The first-order valence-corrected chi connectivity index (χ1v) is 34.5. The zero-order valence-electron chi connectivity index (χ0n) is 60.2. The lowest BCUT2D eigenvalue weighted by atomic mass is 9.33. The van der Waals surface area contributed by atoms with Gasteiger partial charge >= 0.3 is 0 Å². The van der Waals surface area contributed by atoms with Crippen LogP contribution >= 0.6 is 0 Å². The normalized spacial score (nSPS) is 15.4. The minimum absolute atomic E-state index is 0.0293. The lowest BCUT2D eigenvalue weighted by Gasteiger charge is -2.47. The summed E-state index contributed by atoms with van der Waals surface area (Å²) in [6.45, 7) is 51.9. The molecule has 3 heterocycles. The molecule has 13 rings (SSSR count). The molecule has 0 radical (unpaired) electrons. The minimum atomic E-state index is -0.186. The van der Waals surface area contributed by atoms with E-state index in [-0.39, 0.29) is 50.0 Å². The highest BCUT2D eigenvalue weighted by molar-refractivity contribution is 7.01. The molecular formula is C88H101BN4. The molecule has 0 bridgehead atoms. The number of nitrogens with zero attached hydrogens (tertiary/aromatic N) is 4. The van der Waals surface area contributed by atoms with E-state index in [9.17, 15) is 0 Å². The quantitative estimate of drug-likeness (QED) is 0.148. The third-order valence-electron chi connectivity index (χ3n) is 21.2. The Bertz CT molecular complexity index is 4460. The Hall–Kier alpha value is -8.02. The van der Waals surface area contributed by atoms with Crippen molar-refractivity contribution >= 4 is 85.3 Å². The Labute approximate surface area is 559 Å². The van der Waals surface area contributed by atoms with E-state index >= 15 is 0 Å². The predicted octanol–water partition coefficient (Wildman–Crippen LogP) is 23.0. The van der Waals surface area contributed by atoms with Gasteiger partial charge in [0.2, 0.25) is 0 Å². The molecule has 0 fully saturated rings. The first-order chi connectivity index (χ1) is 43.4. The number of benzene rings is 9. The number of hydrogen-bond acceptors (Lipinski definition) is 3. The molecule has 0 saturated heterocycles. The second-order valence-electron chi connectivity index (χ2n) is 35.2. The molecule has 10 aromatic rings. The van der Waals surface area contributed by atoms with E-state index < -0.39 is 0 Å². The summed E-state index contributed by atoms with van der Waals surface area (Å²) < 4.78 is 2.65. The van der Waals surface area contributed by atoms with E-state index in [0.29, 0.717) is 0 Å². The van der Waals surface area contributed by atoms with Gasteiger partial charge in [0, 0.05) is 45.4 Å². The second kappa shape index (κ2) is 21.8. The molecule has 5 heteroatoms. The van der Waals surface area contributed by atoms with Crippen LogP contribution in [0.5, 0.6) is 0 Å². The first kappa shape index (κ1) is 63.7. The highest BCUT2D eigenvalue weighted by Crippen LogP contribution is 2.55. The van der Waals surface area contributed by atoms with Crippen LogP contribution in [0.15, 0.2) is 188 Å². The van der Waals surface area contributed by atoms with Crippen LogP contribution in [0.3, 0.4) is 0 Å². The fourth-order valence-electron chi connectivity index (χ4n) is 15.1. The van der Waals surface area contributed by atoms with E-state index in [1.165, 1.54) is 100 Å². The van der Waals surface area contributed by atoms with E-state index in [0.717, 1.165) is 52.7 Å². The van der Waals surface area contributed by atoms with Gasteiger partial charge in [-0.1, -0.05) is 249 Å². The van der Waals surface area contributed by atoms with E-state index in [1.54, 1.807) is 0 Å². The maximum absolute atomic E-state index is 2.73. The monoisotopic (exact) mass is 1220 g/mol. The standard InChI is InChI=1S/C88H101BN4/c1-81(2,3)57-28-38-63(39-29-57)90(64-40-30-58(31-41-64)82(4,5)6)67-52-76-79-77(53-67)93(73-46-36-61(85(13,14)15)50-68(73)56-26-24-23-25-27-56)80-78(69-51-62(86(16,17)18)37-47-74(69)92(80)66-44-34-60(35-45-66)84(10,11)12)89(79)72-54-70-71(88(21,22)49-48-87(70,19)20)55-75(72)91(76)65-42-32-59(33-43-65)83(7,8)9/h23-47,50-55H,48-49H2,1-22H3. The summed E-state index contributed by atoms with van der Waals surface area (Å²) in [6, 6.07) is 74.6. The number of fused-ring (bicyclic) bond motifs is 7. The van der Waals surface area contributed by atoms with Gasteiger partial charge in [0.05, 0.1) is 16.9 Å². The molecule has 476 valence electrons. The molecule has 9 aromatic carbocycles. The molecule has 0 amide bonds. The molecule has 93 heavy (non-hydrogen) atoms. The lowest BCUT2D eigenvalue weighted by molar-refractivity contribution is 0.332. The summed E-state index contributed by atoms with van der Waals surface area (Å²) in [5.74, 6) is 1.17. The van der Waals surface area contributed by atoms with Gasteiger partial charge in [-0.25, -0.2) is 0 Å². The summed E-state index contributed by atoms with van der Waals surface area (Å²) in [5, 5.41) is 1.28. The van der Waals surface area contributed by atoms with Crippen LogP contribution in [0.25, 0.3) is 27.7 Å². The fraction of sp³-hybridized carbons (Fsp3) is 0.364. The number of anilines is 9. The van der Waals surface area contributed by atoms with E-state index in [4.69, 9.17) is 0 Å². The molecule has 1 aromatic heterocycles. The van der Waals surface area contributed by atoms with Crippen LogP contribution in [-0.4, -0.2) is 11.3 Å². The Balaban J connectivity index is 1.27. The molecule has 0 unspecified atom stereocenters. The maximum atomic E-state index is 2.73. The smallest absolute Gasteiger partial charge is 0.255 e. The highest BCUT2D eigenvalue weighted by Gasteiger charge is 2.50. The van der Waals surface area contributed by atoms with Crippen molar-refractivity contribution < 1.29 is 0 Å². The largest absolute Gasteiger partial charge is 0.311 e. The number of aromatic nitrogens is 1. The topological polar surface area (TPSA) is 14.7 Å². The molecule has 3 aliphatic rings. The van der Waals surface area contributed by atoms with Crippen molar-refractivity contribution in [3.8, 4) is 16.8 Å². The molecule has 2 aliphatic heterocycles. The van der Waals surface area contributed by atoms with Gasteiger partial charge in [0.15, 0.2) is 0 Å². The molecule has 0 saturated carbocycles. The van der Waals surface area contributed by atoms with Crippen LogP contribution < -0.4 is 31.1 Å². The van der Waals surface area contributed by atoms with Crippen molar-refractivity contribution in [1.82, 2.24) is 4.57 Å². The van der Waals surface area contributed by atoms with Crippen LogP contribution in [0.4, 0.5) is 51.3 Å². The van der Waals surface area contributed by atoms with E-state index in [2.05, 4.69) is 360 Å². The van der Waals surface area contributed by atoms with Gasteiger partial charge in [-0.15, -0.1) is 0 Å². The van der Waals surface area contributed by atoms with Crippen molar-refractivity contribution in [1.29, 1.82) is 0 Å². The predicted molar refractivity (Wildman–Crippen MR) is 405 cm³/mol. The average molecular weight is 1230 g/mol. The Morgan fingerprint density at radius 1 is 0.355 bits per heavy atom. The highest BCUT2D eigenvalue weighted by atomic mass is 15.3. The van der Waals surface area contributed by atoms with Gasteiger partial charge in [-0.05, 0) is 219 Å². The van der Waals surface area contributed by atoms with Crippen molar-refractivity contribution in [2.24, 2.45) is 0 Å². The van der Waals surface area contributed by atoms with Crippen LogP contribution in [-0.2, 0) is 43.3 Å². The maximum Gasteiger partial charge on any atom is 0.255 e. The Morgan fingerprint density at radius 3 is 1.26 bits per heavy atom. The molecule has 4 nitrogen and oxygen atoms in total. The Morgan fingerprint density at radius 2 is 0.774 bits per heavy atom. The summed E-state index contributed by atoms with van der Waals surface area (Å²) in [4.78, 5) is 7.97. The van der Waals surface area contributed by atoms with Gasteiger partial charge < -0.3 is 9.80 Å². The summed E-state index contributed by atoms with van der Waals surface area (Å²) >= 11 is 0. The number of rotatable bonds is 7. The molecule has 0 spiro atoms. The van der Waals surface area contributed by atoms with Crippen molar-refractivity contribution in [3.63, 3.8) is 0 Å². The van der Waals surface area contributed by atoms with Crippen LogP contribution in [0, 0.1) is 0 Å². The minimum Gasteiger partial charge on any atom is -0.311 e. The average Bonchev–Trinajstić information content (AvgIpc) is 1.65. The number of hydrogen-bond donors (Lipinski definition) is 0. The van der Waals surface area contributed by atoms with Gasteiger partial charge in [-0.2, -0.15) is 0 Å². The second-order valence-corrected chi connectivity index (χ2v) is 35.2. The van der Waals surface area contributed by atoms with Gasteiger partial charge in [-0.3, -0.25) is 9.47 Å². The third-order valence-corrected chi connectivity index (χ3v) is 21.2. The zero-order chi connectivity index (χ0) is 66.7.